The number of anilines is 1. The molecule has 1 aromatic carbocycles. The number of fused-ring (bicyclic) bond motifs is 1. The highest BCUT2D eigenvalue weighted by Gasteiger charge is 2.09. The molecule has 1 saturated heterocycles. The average Bonchev–Trinajstić information content (AvgIpc) is 2.59. The number of pyridine rings is 1. The number of hydrogen-bond donors (Lipinski definition) is 1. The van der Waals surface area contributed by atoms with Crippen LogP contribution in [-0.2, 0) is 4.74 Å². The van der Waals surface area contributed by atoms with E-state index in [9.17, 15) is 0 Å². The van der Waals surface area contributed by atoms with Crippen LogP contribution in [0.3, 0.4) is 0 Å². The zero-order valence-corrected chi connectivity index (χ0v) is 14.0. The molecule has 0 bridgehead atoms. The lowest BCUT2D eigenvalue weighted by Crippen LogP contribution is -2.37. The van der Waals surface area contributed by atoms with E-state index >= 15 is 0 Å². The van der Waals surface area contributed by atoms with Gasteiger partial charge in [-0.15, -0.1) is 0 Å². The molecule has 23 heavy (non-hydrogen) atoms. The first-order valence-electron chi connectivity index (χ1n) is 8.25. The Bertz CT molecular complexity index is 654. The van der Waals surface area contributed by atoms with E-state index in [0.717, 1.165) is 68.3 Å². The van der Waals surface area contributed by atoms with Crippen molar-refractivity contribution >= 4 is 16.7 Å². The minimum atomic E-state index is 0.863. The zero-order chi connectivity index (χ0) is 16.1. The summed E-state index contributed by atoms with van der Waals surface area (Å²) in [6.45, 7) is 7.99. The highest BCUT2D eigenvalue weighted by atomic mass is 16.5. The summed E-state index contributed by atoms with van der Waals surface area (Å²) in [7, 11) is 1.69. The van der Waals surface area contributed by atoms with Crippen molar-refractivity contribution in [2.45, 2.75) is 13.3 Å². The van der Waals surface area contributed by atoms with Crippen molar-refractivity contribution in [2.75, 3.05) is 51.8 Å². The van der Waals surface area contributed by atoms with E-state index in [4.69, 9.17) is 14.5 Å². The van der Waals surface area contributed by atoms with Gasteiger partial charge in [0.15, 0.2) is 0 Å². The lowest BCUT2D eigenvalue weighted by molar-refractivity contribution is 0.0378. The van der Waals surface area contributed by atoms with Crippen LogP contribution in [0.2, 0.25) is 0 Å². The Hall–Kier alpha value is -1.85. The van der Waals surface area contributed by atoms with Crippen molar-refractivity contribution in [1.82, 2.24) is 9.88 Å². The van der Waals surface area contributed by atoms with E-state index in [2.05, 4.69) is 23.2 Å². The molecule has 5 heteroatoms. The summed E-state index contributed by atoms with van der Waals surface area (Å²) in [6, 6.07) is 8.12. The fourth-order valence-corrected chi connectivity index (χ4v) is 2.93. The Morgan fingerprint density at radius 2 is 2.09 bits per heavy atom. The zero-order valence-electron chi connectivity index (χ0n) is 14.0. The molecule has 1 aliphatic heterocycles. The van der Waals surface area contributed by atoms with Crippen molar-refractivity contribution in [1.29, 1.82) is 0 Å². The summed E-state index contributed by atoms with van der Waals surface area (Å²) in [6.07, 6.45) is 1.11. The molecule has 0 aliphatic carbocycles. The van der Waals surface area contributed by atoms with Crippen LogP contribution >= 0.6 is 0 Å². The molecule has 3 rings (SSSR count). The number of rotatable bonds is 6. The highest BCUT2D eigenvalue weighted by molar-refractivity contribution is 5.85. The van der Waals surface area contributed by atoms with Gasteiger partial charge in [0.25, 0.3) is 0 Å². The van der Waals surface area contributed by atoms with Crippen molar-refractivity contribution in [3.8, 4) is 5.75 Å². The number of nitrogens with one attached hydrogen (secondary N) is 1. The van der Waals surface area contributed by atoms with Gasteiger partial charge in [0.2, 0.25) is 0 Å². The van der Waals surface area contributed by atoms with Crippen LogP contribution in [0.15, 0.2) is 24.3 Å². The molecule has 0 atom stereocenters. The van der Waals surface area contributed by atoms with Gasteiger partial charge in [-0.3, -0.25) is 4.90 Å². The molecule has 0 spiro atoms. The lowest BCUT2D eigenvalue weighted by Gasteiger charge is -2.26. The monoisotopic (exact) mass is 315 g/mol. The van der Waals surface area contributed by atoms with Gasteiger partial charge in [0.05, 0.1) is 25.8 Å². The number of ether oxygens (including phenoxy) is 2. The Balaban J connectivity index is 1.57. The fourth-order valence-electron chi connectivity index (χ4n) is 2.93. The molecule has 1 N–H and O–H groups in total. The third kappa shape index (κ3) is 4.12. The Morgan fingerprint density at radius 1 is 1.26 bits per heavy atom. The quantitative estimate of drug-likeness (QED) is 0.831. The van der Waals surface area contributed by atoms with Crippen molar-refractivity contribution in [3.05, 3.63) is 29.8 Å². The van der Waals surface area contributed by atoms with Crippen LogP contribution in [0.1, 0.15) is 12.0 Å². The van der Waals surface area contributed by atoms with Gasteiger partial charge in [-0.1, -0.05) is 0 Å². The van der Waals surface area contributed by atoms with E-state index in [1.54, 1.807) is 7.11 Å². The second-order valence-corrected chi connectivity index (χ2v) is 5.94. The maximum Gasteiger partial charge on any atom is 0.126 e. The summed E-state index contributed by atoms with van der Waals surface area (Å²) in [4.78, 5) is 7.15. The van der Waals surface area contributed by atoms with Gasteiger partial charge in [-0.2, -0.15) is 0 Å². The Kier molecular flexibility index (Phi) is 5.31. The van der Waals surface area contributed by atoms with Crippen LogP contribution in [0, 0.1) is 6.92 Å². The Morgan fingerprint density at radius 3 is 2.87 bits per heavy atom. The van der Waals surface area contributed by atoms with Gasteiger partial charge in [0, 0.05) is 25.0 Å². The lowest BCUT2D eigenvalue weighted by atomic mass is 10.1. The molecule has 0 radical (unpaired) electrons. The average molecular weight is 315 g/mol. The van der Waals surface area contributed by atoms with Gasteiger partial charge in [-0.05, 0) is 49.7 Å². The highest BCUT2D eigenvalue weighted by Crippen LogP contribution is 2.24. The third-order valence-electron chi connectivity index (χ3n) is 4.28. The second-order valence-electron chi connectivity index (χ2n) is 5.94. The molecular weight excluding hydrogens is 290 g/mol. The number of hydrogen-bond acceptors (Lipinski definition) is 5. The predicted molar refractivity (Wildman–Crippen MR) is 93.4 cm³/mol. The number of benzene rings is 1. The summed E-state index contributed by atoms with van der Waals surface area (Å²) in [5.41, 5.74) is 2.21. The first-order chi connectivity index (χ1) is 11.3. The number of nitrogens with zero attached hydrogens (tertiary/aromatic N) is 2. The predicted octanol–water partition coefficient (Wildman–Crippen LogP) is 2.69. The van der Waals surface area contributed by atoms with Gasteiger partial charge < -0.3 is 14.8 Å². The standard InChI is InChI=1S/C18H25N3O2/c1-14-12-18(19-6-3-7-21-8-10-23-11-9-21)20-17-5-4-15(22-2)13-16(14)17/h4-5,12-13H,3,6-11H2,1-2H3,(H,19,20). The molecule has 2 aromatic rings. The largest absolute Gasteiger partial charge is 0.497 e. The summed E-state index contributed by atoms with van der Waals surface area (Å²) >= 11 is 0. The van der Waals surface area contributed by atoms with E-state index < -0.39 is 0 Å². The molecule has 2 heterocycles. The van der Waals surface area contributed by atoms with Crippen molar-refractivity contribution in [3.63, 3.8) is 0 Å². The molecule has 0 amide bonds. The second kappa shape index (κ2) is 7.62. The first-order valence-corrected chi connectivity index (χ1v) is 8.25. The minimum Gasteiger partial charge on any atom is -0.497 e. The third-order valence-corrected chi connectivity index (χ3v) is 4.28. The van der Waals surface area contributed by atoms with E-state index in [0.29, 0.717) is 0 Å². The van der Waals surface area contributed by atoms with E-state index in [1.807, 2.05) is 18.2 Å². The normalized spacial score (nSPS) is 15.7. The Labute approximate surface area is 137 Å². The summed E-state index contributed by atoms with van der Waals surface area (Å²) in [5.74, 6) is 1.82. The summed E-state index contributed by atoms with van der Waals surface area (Å²) in [5, 5.41) is 4.59. The number of aryl methyl sites for hydroxylation is 1. The number of aromatic nitrogens is 1. The topological polar surface area (TPSA) is 46.6 Å². The van der Waals surface area contributed by atoms with Crippen LogP contribution in [0.4, 0.5) is 5.82 Å². The smallest absolute Gasteiger partial charge is 0.126 e. The first kappa shape index (κ1) is 16.0. The van der Waals surface area contributed by atoms with E-state index in [-0.39, 0.29) is 0 Å². The molecular formula is C18H25N3O2. The SMILES string of the molecule is COc1ccc2nc(NCCCN3CCOCC3)cc(C)c2c1. The van der Waals surface area contributed by atoms with Crippen LogP contribution in [0.25, 0.3) is 10.9 Å². The molecule has 124 valence electrons. The van der Waals surface area contributed by atoms with Crippen LogP contribution in [0.5, 0.6) is 5.75 Å². The van der Waals surface area contributed by atoms with Crippen LogP contribution in [-0.4, -0.2) is 56.4 Å². The van der Waals surface area contributed by atoms with E-state index in [1.165, 1.54) is 5.56 Å². The molecule has 1 aliphatic rings. The minimum absolute atomic E-state index is 0.863. The van der Waals surface area contributed by atoms with Gasteiger partial charge in [0.1, 0.15) is 11.6 Å². The number of morpholine rings is 1. The van der Waals surface area contributed by atoms with Gasteiger partial charge >= 0.3 is 0 Å². The van der Waals surface area contributed by atoms with Crippen LogP contribution < -0.4 is 10.1 Å². The number of methoxy groups -OCH3 is 1. The maximum absolute atomic E-state index is 5.37. The summed E-state index contributed by atoms with van der Waals surface area (Å²) < 4.78 is 10.7. The molecule has 0 saturated carbocycles. The van der Waals surface area contributed by atoms with Gasteiger partial charge in [-0.25, -0.2) is 4.98 Å². The molecule has 0 unspecified atom stereocenters. The van der Waals surface area contributed by atoms with Crippen molar-refractivity contribution < 1.29 is 9.47 Å². The fraction of sp³-hybridized carbons (Fsp3) is 0.500. The molecule has 1 aromatic heterocycles. The van der Waals surface area contributed by atoms with Crippen molar-refractivity contribution in [2.24, 2.45) is 0 Å². The molecule has 1 fully saturated rings. The molecule has 5 nitrogen and oxygen atoms in total. The maximum atomic E-state index is 5.37.